The highest BCUT2D eigenvalue weighted by Gasteiger charge is 2.27. The van der Waals surface area contributed by atoms with E-state index in [2.05, 4.69) is 15.9 Å². The molecule has 1 saturated heterocycles. The van der Waals surface area contributed by atoms with Crippen LogP contribution in [-0.2, 0) is 0 Å². The van der Waals surface area contributed by atoms with Crippen molar-refractivity contribution < 1.29 is 14.4 Å². The highest BCUT2D eigenvalue weighted by molar-refractivity contribution is 9.10. The molecule has 1 aromatic carbocycles. The van der Waals surface area contributed by atoms with Gasteiger partial charge in [-0.15, -0.1) is 0 Å². The van der Waals surface area contributed by atoms with E-state index in [1.165, 1.54) is 6.07 Å². The maximum atomic E-state index is 13.5. The van der Waals surface area contributed by atoms with Crippen LogP contribution in [-0.4, -0.2) is 29.2 Å². The van der Waals surface area contributed by atoms with E-state index in [-0.39, 0.29) is 22.2 Å². The average molecular weight is 347 g/mol. The highest BCUT2D eigenvalue weighted by atomic mass is 79.9. The zero-order valence-corrected chi connectivity index (χ0v) is 12.6. The first-order chi connectivity index (χ1) is 9.40. The van der Waals surface area contributed by atoms with Gasteiger partial charge >= 0.3 is 0 Å². The molecule has 0 aromatic heterocycles. The number of piperidine rings is 1. The van der Waals surface area contributed by atoms with E-state index in [1.807, 2.05) is 4.90 Å². The summed E-state index contributed by atoms with van der Waals surface area (Å²) >= 11 is 3.07. The molecule has 1 heterocycles. The summed E-state index contributed by atoms with van der Waals surface area (Å²) in [6.07, 6.45) is 1.17. The number of rotatable bonds is 3. The van der Waals surface area contributed by atoms with Crippen LogP contribution in [0.1, 0.15) is 19.8 Å². The molecule has 1 aromatic rings. The molecule has 0 aliphatic carbocycles. The first-order valence-electron chi connectivity index (χ1n) is 6.46. The van der Waals surface area contributed by atoms with Crippen LogP contribution in [0.15, 0.2) is 16.6 Å². The predicted molar refractivity (Wildman–Crippen MR) is 77.4 cm³/mol. The van der Waals surface area contributed by atoms with Gasteiger partial charge in [0.05, 0.1) is 21.6 Å². The van der Waals surface area contributed by atoms with Crippen LogP contribution in [0.4, 0.5) is 15.8 Å². The predicted octanol–water partition coefficient (Wildman–Crippen LogP) is 3.09. The molecule has 1 aliphatic rings. The van der Waals surface area contributed by atoms with Crippen molar-refractivity contribution >= 4 is 27.3 Å². The second kappa shape index (κ2) is 6.05. The summed E-state index contributed by atoms with van der Waals surface area (Å²) in [5.74, 6) is -0.423. The number of aliphatic hydroxyl groups is 1. The van der Waals surface area contributed by atoms with E-state index in [0.717, 1.165) is 18.9 Å². The Hall–Kier alpha value is -1.21. The Kier molecular flexibility index (Phi) is 4.59. The van der Waals surface area contributed by atoms with Gasteiger partial charge in [0, 0.05) is 13.1 Å². The third-order valence-electron chi connectivity index (χ3n) is 3.78. The molecule has 1 fully saturated rings. The molecule has 1 N–H and O–H groups in total. The Morgan fingerprint density at radius 2 is 2.10 bits per heavy atom. The van der Waals surface area contributed by atoms with Crippen LogP contribution in [0.25, 0.3) is 0 Å². The Labute approximate surface area is 124 Å². The average Bonchev–Trinajstić information content (AvgIpc) is 2.41. The van der Waals surface area contributed by atoms with Gasteiger partial charge in [0.1, 0.15) is 11.5 Å². The van der Waals surface area contributed by atoms with Crippen LogP contribution < -0.4 is 4.90 Å². The Balaban J connectivity index is 2.25. The van der Waals surface area contributed by atoms with Crippen LogP contribution in [0.2, 0.25) is 0 Å². The number of benzene rings is 1. The molecular formula is C13H16BrFN2O3. The Morgan fingerprint density at radius 1 is 1.50 bits per heavy atom. The SMILES string of the molecule is CC(O)C1CCN(c2cc(Br)c(F)cc2[N+](=O)[O-])CC1. The smallest absolute Gasteiger partial charge is 0.295 e. The van der Waals surface area contributed by atoms with Gasteiger partial charge in [0.25, 0.3) is 5.69 Å². The molecule has 20 heavy (non-hydrogen) atoms. The van der Waals surface area contributed by atoms with Crippen LogP contribution >= 0.6 is 15.9 Å². The maximum Gasteiger partial charge on any atom is 0.295 e. The summed E-state index contributed by atoms with van der Waals surface area (Å²) in [5.41, 5.74) is 0.202. The first-order valence-corrected chi connectivity index (χ1v) is 7.26. The Bertz CT molecular complexity index is 517. The second-order valence-electron chi connectivity index (χ2n) is 5.08. The lowest BCUT2D eigenvalue weighted by Crippen LogP contribution is -2.37. The molecule has 1 aliphatic heterocycles. The fraction of sp³-hybridized carbons (Fsp3) is 0.538. The van der Waals surface area contributed by atoms with Crippen molar-refractivity contribution in [1.29, 1.82) is 0 Å². The number of anilines is 1. The summed E-state index contributed by atoms with van der Waals surface area (Å²) in [7, 11) is 0. The quantitative estimate of drug-likeness (QED) is 0.674. The van der Waals surface area contributed by atoms with E-state index in [0.29, 0.717) is 18.8 Å². The lowest BCUT2D eigenvalue weighted by Gasteiger charge is -2.34. The zero-order valence-electron chi connectivity index (χ0n) is 11.1. The molecular weight excluding hydrogens is 331 g/mol. The minimum absolute atomic E-state index is 0.217. The molecule has 5 nitrogen and oxygen atoms in total. The third kappa shape index (κ3) is 3.09. The van der Waals surface area contributed by atoms with E-state index in [1.54, 1.807) is 6.92 Å². The molecule has 110 valence electrons. The molecule has 0 spiro atoms. The van der Waals surface area contributed by atoms with E-state index < -0.39 is 10.7 Å². The molecule has 0 radical (unpaired) electrons. The van der Waals surface area contributed by atoms with Crippen molar-refractivity contribution in [3.05, 3.63) is 32.5 Å². The number of nitro benzene ring substituents is 1. The molecule has 0 saturated carbocycles. The number of hydrogen-bond donors (Lipinski definition) is 1. The van der Waals surface area contributed by atoms with Crippen molar-refractivity contribution in [3.8, 4) is 0 Å². The van der Waals surface area contributed by atoms with Crippen LogP contribution in [0.5, 0.6) is 0 Å². The summed E-state index contributed by atoms with van der Waals surface area (Å²) in [6, 6.07) is 2.40. The molecule has 7 heteroatoms. The van der Waals surface area contributed by atoms with Gasteiger partial charge in [-0.3, -0.25) is 10.1 Å². The van der Waals surface area contributed by atoms with Gasteiger partial charge in [0.2, 0.25) is 0 Å². The topological polar surface area (TPSA) is 66.6 Å². The standard InChI is InChI=1S/C13H16BrFN2O3/c1-8(18)9-2-4-16(5-3-9)12-6-10(14)11(15)7-13(12)17(19)20/h6-9,18H,2-5H2,1H3. The summed E-state index contributed by atoms with van der Waals surface area (Å²) < 4.78 is 13.7. The van der Waals surface area contributed by atoms with E-state index in [9.17, 15) is 19.6 Å². The molecule has 1 atom stereocenters. The number of nitro groups is 1. The van der Waals surface area contributed by atoms with E-state index >= 15 is 0 Å². The first kappa shape index (κ1) is 15.2. The van der Waals surface area contributed by atoms with E-state index in [4.69, 9.17) is 0 Å². The van der Waals surface area contributed by atoms with Crippen molar-refractivity contribution in [1.82, 2.24) is 0 Å². The zero-order chi connectivity index (χ0) is 14.9. The summed E-state index contributed by atoms with van der Waals surface area (Å²) in [6.45, 7) is 3.00. The number of halogens is 2. The van der Waals surface area contributed by atoms with Crippen LogP contribution in [0.3, 0.4) is 0 Å². The monoisotopic (exact) mass is 346 g/mol. The summed E-state index contributed by atoms with van der Waals surface area (Å²) in [4.78, 5) is 12.4. The number of nitrogens with zero attached hydrogens (tertiary/aromatic N) is 2. The molecule has 0 bridgehead atoms. The normalized spacial score (nSPS) is 18.1. The largest absolute Gasteiger partial charge is 0.393 e. The molecule has 2 rings (SSSR count). The number of aliphatic hydroxyl groups excluding tert-OH is 1. The fourth-order valence-corrected chi connectivity index (χ4v) is 2.88. The van der Waals surface area contributed by atoms with Gasteiger partial charge in [-0.2, -0.15) is 0 Å². The maximum absolute atomic E-state index is 13.5. The van der Waals surface area contributed by atoms with Crippen LogP contribution in [0, 0.1) is 21.8 Å². The highest BCUT2D eigenvalue weighted by Crippen LogP contribution is 2.35. The minimum atomic E-state index is -0.640. The number of hydrogen-bond acceptors (Lipinski definition) is 4. The van der Waals surface area contributed by atoms with Crippen molar-refractivity contribution in [2.75, 3.05) is 18.0 Å². The van der Waals surface area contributed by atoms with Gasteiger partial charge < -0.3 is 10.0 Å². The van der Waals surface area contributed by atoms with Crippen molar-refractivity contribution in [2.45, 2.75) is 25.9 Å². The molecule has 1 unspecified atom stereocenters. The molecule has 0 amide bonds. The summed E-state index contributed by atoms with van der Waals surface area (Å²) in [5, 5.41) is 20.6. The second-order valence-corrected chi connectivity index (χ2v) is 5.93. The van der Waals surface area contributed by atoms with Gasteiger partial charge in [-0.25, -0.2) is 4.39 Å². The van der Waals surface area contributed by atoms with Crippen molar-refractivity contribution in [3.63, 3.8) is 0 Å². The Morgan fingerprint density at radius 3 is 2.60 bits per heavy atom. The third-order valence-corrected chi connectivity index (χ3v) is 4.38. The van der Waals surface area contributed by atoms with Gasteiger partial charge in [-0.1, -0.05) is 0 Å². The fourth-order valence-electron chi connectivity index (χ4n) is 2.55. The van der Waals surface area contributed by atoms with Crippen molar-refractivity contribution in [2.24, 2.45) is 5.92 Å². The lowest BCUT2D eigenvalue weighted by atomic mass is 9.92. The minimum Gasteiger partial charge on any atom is -0.393 e. The lowest BCUT2D eigenvalue weighted by molar-refractivity contribution is -0.384. The van der Waals surface area contributed by atoms with Gasteiger partial charge in [0.15, 0.2) is 0 Å². The van der Waals surface area contributed by atoms with Gasteiger partial charge in [-0.05, 0) is 47.7 Å².